The van der Waals surface area contributed by atoms with E-state index in [1.807, 2.05) is 66.8 Å². The fourth-order valence-electron chi connectivity index (χ4n) is 3.91. The SMILES string of the molecule is Cc1ccccc1-n1c(=O)c2ccccc2n2c(SCC(=O)NC(C)CCC(C)C)nnc12. The average molecular weight is 464 g/mol. The lowest BCUT2D eigenvalue weighted by molar-refractivity contribution is -0.119. The van der Waals surface area contributed by atoms with E-state index < -0.39 is 0 Å². The molecule has 0 saturated heterocycles. The van der Waals surface area contributed by atoms with Crippen LogP contribution in [0.4, 0.5) is 0 Å². The minimum absolute atomic E-state index is 0.0375. The second-order valence-corrected chi connectivity index (χ2v) is 9.73. The summed E-state index contributed by atoms with van der Waals surface area (Å²) in [4.78, 5) is 25.9. The van der Waals surface area contributed by atoms with Gasteiger partial charge in [-0.05, 0) is 56.4 Å². The quantitative estimate of drug-likeness (QED) is 0.392. The molecule has 7 nitrogen and oxygen atoms in total. The minimum atomic E-state index is -0.145. The predicted molar refractivity (Wildman–Crippen MR) is 133 cm³/mol. The van der Waals surface area contributed by atoms with Gasteiger partial charge in [0, 0.05) is 6.04 Å². The zero-order chi connectivity index (χ0) is 23.5. The molecule has 1 amide bonds. The Kier molecular flexibility index (Phi) is 6.83. The zero-order valence-electron chi connectivity index (χ0n) is 19.4. The van der Waals surface area contributed by atoms with Crippen LogP contribution >= 0.6 is 11.8 Å². The van der Waals surface area contributed by atoms with Crippen molar-refractivity contribution in [2.24, 2.45) is 5.92 Å². The van der Waals surface area contributed by atoms with Crippen LogP contribution in [0.15, 0.2) is 58.5 Å². The van der Waals surface area contributed by atoms with Gasteiger partial charge in [-0.1, -0.05) is 55.9 Å². The van der Waals surface area contributed by atoms with Crippen LogP contribution in [-0.2, 0) is 4.79 Å². The third kappa shape index (κ3) is 4.80. The van der Waals surface area contributed by atoms with Crippen molar-refractivity contribution in [2.75, 3.05) is 5.75 Å². The highest BCUT2D eigenvalue weighted by molar-refractivity contribution is 7.99. The van der Waals surface area contributed by atoms with Crippen molar-refractivity contribution >= 4 is 34.3 Å². The van der Waals surface area contributed by atoms with Gasteiger partial charge in [-0.3, -0.25) is 14.0 Å². The minimum Gasteiger partial charge on any atom is -0.353 e. The maximum Gasteiger partial charge on any atom is 0.267 e. The molecule has 4 aromatic rings. The van der Waals surface area contributed by atoms with Gasteiger partial charge in [0.1, 0.15) is 0 Å². The highest BCUT2D eigenvalue weighted by Gasteiger charge is 2.19. The summed E-state index contributed by atoms with van der Waals surface area (Å²) in [7, 11) is 0. The Bertz CT molecular complexity index is 1360. The molecule has 0 aliphatic heterocycles. The monoisotopic (exact) mass is 463 g/mol. The Hall–Kier alpha value is -3.13. The first-order valence-corrected chi connectivity index (χ1v) is 12.2. The van der Waals surface area contributed by atoms with E-state index in [2.05, 4.69) is 29.4 Å². The Labute approximate surface area is 197 Å². The van der Waals surface area contributed by atoms with Gasteiger partial charge in [0.05, 0.1) is 22.3 Å². The molecule has 0 bridgehead atoms. The summed E-state index contributed by atoms with van der Waals surface area (Å²) in [6, 6.07) is 15.3. The number of nitrogens with one attached hydrogen (secondary N) is 1. The van der Waals surface area contributed by atoms with E-state index in [4.69, 9.17) is 0 Å². The maximum absolute atomic E-state index is 13.4. The summed E-state index contributed by atoms with van der Waals surface area (Å²) in [6.45, 7) is 8.36. The molecule has 4 rings (SSSR count). The molecule has 0 fully saturated rings. The van der Waals surface area contributed by atoms with Gasteiger partial charge in [-0.15, -0.1) is 10.2 Å². The van der Waals surface area contributed by atoms with Gasteiger partial charge in [-0.2, -0.15) is 0 Å². The molecule has 8 heteroatoms. The second-order valence-electron chi connectivity index (χ2n) is 8.79. The van der Waals surface area contributed by atoms with Gasteiger partial charge in [-0.25, -0.2) is 4.57 Å². The Morgan fingerprint density at radius 3 is 2.52 bits per heavy atom. The number of carbonyl (C=O) groups is 1. The van der Waals surface area contributed by atoms with Crippen LogP contribution in [0.2, 0.25) is 0 Å². The summed E-state index contributed by atoms with van der Waals surface area (Å²) in [6.07, 6.45) is 2.03. The fourth-order valence-corrected chi connectivity index (χ4v) is 4.66. The predicted octanol–water partition coefficient (Wildman–Crippen LogP) is 4.37. The summed E-state index contributed by atoms with van der Waals surface area (Å²) >= 11 is 1.32. The molecule has 0 aliphatic rings. The van der Waals surface area contributed by atoms with E-state index in [9.17, 15) is 9.59 Å². The molecule has 0 spiro atoms. The normalized spacial score (nSPS) is 12.5. The highest BCUT2D eigenvalue weighted by Crippen LogP contribution is 2.24. The number of aromatic nitrogens is 4. The smallest absolute Gasteiger partial charge is 0.267 e. The molecule has 33 heavy (non-hydrogen) atoms. The third-order valence-electron chi connectivity index (χ3n) is 5.67. The van der Waals surface area contributed by atoms with Gasteiger partial charge < -0.3 is 5.32 Å². The number of rotatable bonds is 8. The van der Waals surface area contributed by atoms with Crippen LogP contribution in [-0.4, -0.2) is 36.9 Å². The van der Waals surface area contributed by atoms with Crippen molar-refractivity contribution < 1.29 is 4.79 Å². The van der Waals surface area contributed by atoms with Crippen LogP contribution in [0.5, 0.6) is 0 Å². The first-order chi connectivity index (χ1) is 15.9. The van der Waals surface area contributed by atoms with Crippen LogP contribution in [0.1, 0.15) is 39.2 Å². The number of hydrogen-bond acceptors (Lipinski definition) is 5. The molecule has 0 aliphatic carbocycles. The number of para-hydroxylation sites is 2. The topological polar surface area (TPSA) is 81.3 Å². The molecule has 2 aromatic carbocycles. The molecule has 2 heterocycles. The lowest BCUT2D eigenvalue weighted by Gasteiger charge is -2.15. The number of amides is 1. The van der Waals surface area contributed by atoms with Crippen LogP contribution in [0, 0.1) is 12.8 Å². The number of nitrogens with zero attached hydrogens (tertiary/aromatic N) is 4. The van der Waals surface area contributed by atoms with E-state index >= 15 is 0 Å². The number of fused-ring (bicyclic) bond motifs is 3. The zero-order valence-corrected chi connectivity index (χ0v) is 20.2. The Balaban J connectivity index is 1.70. The van der Waals surface area contributed by atoms with E-state index in [0.29, 0.717) is 22.2 Å². The van der Waals surface area contributed by atoms with Crippen LogP contribution in [0.25, 0.3) is 22.4 Å². The van der Waals surface area contributed by atoms with Crippen molar-refractivity contribution in [2.45, 2.75) is 51.7 Å². The number of carbonyl (C=O) groups excluding carboxylic acids is 1. The van der Waals surface area contributed by atoms with Gasteiger partial charge >= 0.3 is 0 Å². The van der Waals surface area contributed by atoms with Crippen molar-refractivity contribution in [1.29, 1.82) is 0 Å². The first-order valence-electron chi connectivity index (χ1n) is 11.2. The van der Waals surface area contributed by atoms with Crippen molar-refractivity contribution in [3.05, 3.63) is 64.4 Å². The molecule has 0 saturated carbocycles. The third-order valence-corrected chi connectivity index (χ3v) is 6.60. The lowest BCUT2D eigenvalue weighted by atomic mass is 10.0. The molecule has 1 atom stereocenters. The number of benzene rings is 2. The summed E-state index contributed by atoms with van der Waals surface area (Å²) < 4.78 is 3.46. The fraction of sp³-hybridized carbons (Fsp3) is 0.360. The van der Waals surface area contributed by atoms with E-state index in [1.165, 1.54) is 11.8 Å². The summed E-state index contributed by atoms with van der Waals surface area (Å²) in [5.41, 5.74) is 2.30. The standard InChI is InChI=1S/C25H29N5O2S/c1-16(2)13-14-18(4)26-22(31)15-33-25-28-27-24-29(20-11-7-5-9-17(20)3)23(32)19-10-6-8-12-21(19)30(24)25/h5-12,16,18H,13-15H2,1-4H3,(H,26,31). The molecule has 1 N–H and O–H groups in total. The number of hydrogen-bond donors (Lipinski definition) is 1. The first kappa shape index (κ1) is 23.0. The average Bonchev–Trinajstić information content (AvgIpc) is 3.21. The van der Waals surface area contributed by atoms with Gasteiger partial charge in [0.15, 0.2) is 5.16 Å². The Morgan fingerprint density at radius 2 is 1.76 bits per heavy atom. The molecule has 1 unspecified atom stereocenters. The summed E-state index contributed by atoms with van der Waals surface area (Å²) in [5, 5.41) is 12.9. The molecule has 2 aromatic heterocycles. The summed E-state index contributed by atoms with van der Waals surface area (Å²) in [5.74, 6) is 1.23. The lowest BCUT2D eigenvalue weighted by Crippen LogP contribution is -2.34. The van der Waals surface area contributed by atoms with E-state index in [-0.39, 0.29) is 23.3 Å². The second kappa shape index (κ2) is 9.79. The van der Waals surface area contributed by atoms with Crippen LogP contribution < -0.4 is 10.9 Å². The van der Waals surface area contributed by atoms with Gasteiger partial charge in [0.2, 0.25) is 11.7 Å². The van der Waals surface area contributed by atoms with Gasteiger partial charge in [0.25, 0.3) is 5.56 Å². The van der Waals surface area contributed by atoms with Crippen molar-refractivity contribution in [1.82, 2.24) is 24.5 Å². The van der Waals surface area contributed by atoms with Crippen molar-refractivity contribution in [3.63, 3.8) is 0 Å². The molecule has 172 valence electrons. The van der Waals surface area contributed by atoms with Crippen LogP contribution in [0.3, 0.4) is 0 Å². The highest BCUT2D eigenvalue weighted by atomic mass is 32.2. The number of thioether (sulfide) groups is 1. The van der Waals surface area contributed by atoms with E-state index in [1.54, 1.807) is 4.57 Å². The molecular formula is C25H29N5O2S. The van der Waals surface area contributed by atoms with E-state index in [0.717, 1.165) is 29.6 Å². The van der Waals surface area contributed by atoms with Crippen molar-refractivity contribution in [3.8, 4) is 5.69 Å². The largest absolute Gasteiger partial charge is 0.353 e. The molecular weight excluding hydrogens is 434 g/mol. The number of aryl methyl sites for hydroxylation is 1. The molecule has 0 radical (unpaired) electrons. The maximum atomic E-state index is 13.4. The Morgan fingerprint density at radius 1 is 1.03 bits per heavy atom.